The van der Waals surface area contributed by atoms with Crippen LogP contribution in [0.5, 0.6) is 0 Å². The molecule has 1 aromatic carbocycles. The molecule has 0 fully saturated rings. The van der Waals surface area contributed by atoms with E-state index in [1.165, 1.54) is 0 Å². The predicted molar refractivity (Wildman–Crippen MR) is 74.8 cm³/mol. The minimum Gasteiger partial charge on any atom is -0.224 e. The topological polar surface area (TPSA) is 59.9 Å². The summed E-state index contributed by atoms with van der Waals surface area (Å²) in [4.78, 5) is 0.333. The molecule has 19 heavy (non-hydrogen) atoms. The van der Waals surface area contributed by atoms with Crippen molar-refractivity contribution in [3.05, 3.63) is 41.6 Å². The highest BCUT2D eigenvalue weighted by atomic mass is 35.5. The second-order valence-electron chi connectivity index (χ2n) is 4.08. The Bertz CT molecular complexity index is 652. The van der Waals surface area contributed by atoms with Crippen LogP contribution in [0.25, 0.3) is 11.3 Å². The normalized spacial score (nSPS) is 11.5. The molecule has 1 heterocycles. The summed E-state index contributed by atoms with van der Waals surface area (Å²) in [6.07, 6.45) is 0.604. The van der Waals surface area contributed by atoms with Gasteiger partial charge in [-0.2, -0.15) is 0 Å². The highest BCUT2D eigenvalue weighted by Gasteiger charge is 2.13. The van der Waals surface area contributed by atoms with Gasteiger partial charge in [0, 0.05) is 5.56 Å². The van der Waals surface area contributed by atoms with Gasteiger partial charge < -0.3 is 0 Å². The zero-order chi connectivity index (χ0) is 13.9. The lowest BCUT2D eigenvalue weighted by molar-refractivity contribution is 0.595. The lowest BCUT2D eigenvalue weighted by atomic mass is 10.1. The molecule has 0 aliphatic carbocycles. The van der Waals surface area contributed by atoms with Crippen molar-refractivity contribution in [2.24, 2.45) is 0 Å². The van der Waals surface area contributed by atoms with Crippen LogP contribution in [0.3, 0.4) is 0 Å². The van der Waals surface area contributed by atoms with E-state index in [9.17, 15) is 8.42 Å². The van der Waals surface area contributed by atoms with Crippen LogP contribution in [0, 0.1) is 0 Å². The Hall–Kier alpha value is -1.46. The molecule has 100 valence electrons. The Balaban J connectivity index is 2.31. The smallest absolute Gasteiger partial charge is 0.178 e. The van der Waals surface area contributed by atoms with Gasteiger partial charge in [0.05, 0.1) is 16.3 Å². The highest BCUT2D eigenvalue weighted by molar-refractivity contribution is 7.91. The molecule has 0 unspecified atom stereocenters. The van der Waals surface area contributed by atoms with Crippen LogP contribution in [0.15, 0.2) is 41.3 Å². The average Bonchev–Trinajstić information content (AvgIpc) is 2.40. The number of rotatable bonds is 4. The molecule has 0 amide bonds. The molecule has 0 radical (unpaired) electrons. The van der Waals surface area contributed by atoms with Gasteiger partial charge in [-0.1, -0.05) is 30.7 Å². The van der Waals surface area contributed by atoms with Crippen LogP contribution in [0.2, 0.25) is 5.15 Å². The molecular weight excluding hydrogens is 284 g/mol. The van der Waals surface area contributed by atoms with Crippen molar-refractivity contribution in [1.82, 2.24) is 10.2 Å². The van der Waals surface area contributed by atoms with Gasteiger partial charge in [0.1, 0.15) is 0 Å². The number of benzene rings is 1. The van der Waals surface area contributed by atoms with Crippen molar-refractivity contribution in [2.45, 2.75) is 18.2 Å². The van der Waals surface area contributed by atoms with E-state index < -0.39 is 9.84 Å². The third-order valence-corrected chi connectivity index (χ3v) is 4.75. The van der Waals surface area contributed by atoms with E-state index in [1.54, 1.807) is 36.4 Å². The lowest BCUT2D eigenvalue weighted by Gasteiger charge is -2.04. The largest absolute Gasteiger partial charge is 0.224 e. The lowest BCUT2D eigenvalue weighted by Crippen LogP contribution is -2.05. The maximum Gasteiger partial charge on any atom is 0.178 e. The first-order valence-corrected chi connectivity index (χ1v) is 7.88. The molecule has 0 saturated heterocycles. The van der Waals surface area contributed by atoms with Crippen molar-refractivity contribution in [1.29, 1.82) is 0 Å². The minimum atomic E-state index is -3.17. The summed E-state index contributed by atoms with van der Waals surface area (Å²) in [5.74, 6) is 0.160. The first-order chi connectivity index (χ1) is 9.03. The van der Waals surface area contributed by atoms with Gasteiger partial charge in [0.25, 0.3) is 0 Å². The van der Waals surface area contributed by atoms with Gasteiger partial charge in [-0.3, -0.25) is 0 Å². The summed E-state index contributed by atoms with van der Waals surface area (Å²) < 4.78 is 23.8. The number of halogens is 1. The predicted octanol–water partition coefficient (Wildman–Crippen LogP) is 2.98. The van der Waals surface area contributed by atoms with Crippen LogP contribution < -0.4 is 0 Å². The minimum absolute atomic E-state index is 0.160. The molecular formula is C13H13ClN2O2S. The summed E-state index contributed by atoms with van der Waals surface area (Å²) >= 11 is 5.67. The van der Waals surface area contributed by atoms with Gasteiger partial charge in [-0.05, 0) is 30.7 Å². The molecule has 4 nitrogen and oxygen atoms in total. The maximum atomic E-state index is 11.9. The molecule has 6 heteroatoms. The van der Waals surface area contributed by atoms with Crippen molar-refractivity contribution in [3.63, 3.8) is 0 Å². The number of hydrogen-bond acceptors (Lipinski definition) is 4. The Kier molecular flexibility index (Phi) is 4.17. The van der Waals surface area contributed by atoms with Crippen LogP contribution in [-0.2, 0) is 9.84 Å². The summed E-state index contributed by atoms with van der Waals surface area (Å²) in [5, 5.41) is 8.02. The van der Waals surface area contributed by atoms with E-state index in [1.807, 2.05) is 6.92 Å². The van der Waals surface area contributed by atoms with Crippen molar-refractivity contribution in [2.75, 3.05) is 5.75 Å². The summed E-state index contributed by atoms with van der Waals surface area (Å²) in [6.45, 7) is 1.84. The monoisotopic (exact) mass is 296 g/mol. The zero-order valence-electron chi connectivity index (χ0n) is 10.4. The van der Waals surface area contributed by atoms with Crippen LogP contribution in [0.1, 0.15) is 13.3 Å². The van der Waals surface area contributed by atoms with Crippen molar-refractivity contribution < 1.29 is 8.42 Å². The molecule has 0 bridgehead atoms. The number of nitrogens with zero attached hydrogens (tertiary/aromatic N) is 2. The molecule has 0 N–H and O–H groups in total. The Labute approximate surface area is 117 Å². The Morgan fingerprint density at radius 2 is 1.74 bits per heavy atom. The van der Waals surface area contributed by atoms with Gasteiger partial charge in [-0.15, -0.1) is 10.2 Å². The van der Waals surface area contributed by atoms with Gasteiger partial charge in [0.15, 0.2) is 15.0 Å². The van der Waals surface area contributed by atoms with E-state index in [2.05, 4.69) is 10.2 Å². The third kappa shape index (κ3) is 3.30. The summed E-state index contributed by atoms with van der Waals surface area (Å²) in [7, 11) is -3.17. The summed E-state index contributed by atoms with van der Waals surface area (Å²) in [6, 6.07) is 10.0. The second kappa shape index (κ2) is 5.67. The Morgan fingerprint density at radius 3 is 2.26 bits per heavy atom. The van der Waals surface area contributed by atoms with E-state index in [-0.39, 0.29) is 5.75 Å². The molecule has 0 saturated carbocycles. The highest BCUT2D eigenvalue weighted by Crippen LogP contribution is 2.20. The molecule has 0 aliphatic heterocycles. The summed E-state index contributed by atoms with van der Waals surface area (Å²) in [5.41, 5.74) is 1.46. The molecule has 1 aromatic heterocycles. The van der Waals surface area contributed by atoms with Gasteiger partial charge in [0.2, 0.25) is 0 Å². The van der Waals surface area contributed by atoms with Crippen molar-refractivity contribution >= 4 is 21.4 Å². The fourth-order valence-corrected chi connectivity index (χ4v) is 3.11. The van der Waals surface area contributed by atoms with E-state index in [0.717, 1.165) is 5.56 Å². The van der Waals surface area contributed by atoms with Gasteiger partial charge in [-0.25, -0.2) is 8.42 Å². The van der Waals surface area contributed by atoms with Gasteiger partial charge >= 0.3 is 0 Å². The molecule has 2 aromatic rings. The quantitative estimate of drug-likeness (QED) is 0.870. The van der Waals surface area contributed by atoms with Crippen LogP contribution >= 0.6 is 11.6 Å². The number of sulfone groups is 1. The maximum absolute atomic E-state index is 11.9. The van der Waals surface area contributed by atoms with E-state index in [0.29, 0.717) is 22.2 Å². The SMILES string of the molecule is CCCS(=O)(=O)c1ccc(-c2ccc(Cl)nn2)cc1. The first-order valence-electron chi connectivity index (χ1n) is 5.85. The third-order valence-electron chi connectivity index (χ3n) is 2.61. The standard InChI is InChI=1S/C13H13ClN2O2S/c1-2-9-19(17,18)11-5-3-10(4-6-11)12-7-8-13(14)16-15-12/h3-8H,2,9H2,1H3. The van der Waals surface area contributed by atoms with Crippen LogP contribution in [-0.4, -0.2) is 24.4 Å². The molecule has 2 rings (SSSR count). The fourth-order valence-electron chi connectivity index (χ4n) is 1.69. The average molecular weight is 297 g/mol. The van der Waals surface area contributed by atoms with Crippen molar-refractivity contribution in [3.8, 4) is 11.3 Å². The number of aromatic nitrogens is 2. The number of hydrogen-bond donors (Lipinski definition) is 0. The fraction of sp³-hybridized carbons (Fsp3) is 0.231. The Morgan fingerprint density at radius 1 is 1.05 bits per heavy atom. The van der Waals surface area contributed by atoms with E-state index in [4.69, 9.17) is 11.6 Å². The second-order valence-corrected chi connectivity index (χ2v) is 6.58. The molecule has 0 atom stereocenters. The molecule has 0 aliphatic rings. The van der Waals surface area contributed by atoms with Crippen LogP contribution in [0.4, 0.5) is 0 Å². The first kappa shape index (κ1) is 14.0. The zero-order valence-corrected chi connectivity index (χ0v) is 11.9. The van der Waals surface area contributed by atoms with E-state index >= 15 is 0 Å². The molecule has 0 spiro atoms.